The van der Waals surface area contributed by atoms with Crippen LogP contribution in [0.5, 0.6) is 17.2 Å². The van der Waals surface area contributed by atoms with Crippen molar-refractivity contribution in [3.05, 3.63) is 53.7 Å². The van der Waals surface area contributed by atoms with Crippen molar-refractivity contribution in [1.29, 1.82) is 0 Å². The molecule has 6 nitrogen and oxygen atoms in total. The number of aromatic nitrogens is 1. The summed E-state index contributed by atoms with van der Waals surface area (Å²) in [5.41, 5.74) is 2.44. The van der Waals surface area contributed by atoms with Gasteiger partial charge in [0.25, 0.3) is 5.91 Å². The number of nitrogens with one attached hydrogen (secondary N) is 1. The Labute approximate surface area is 164 Å². The van der Waals surface area contributed by atoms with Crippen LogP contribution in [0.15, 0.2) is 42.5 Å². The van der Waals surface area contributed by atoms with Gasteiger partial charge in [0.05, 0.1) is 27.4 Å². The molecule has 1 amide bonds. The predicted molar refractivity (Wildman–Crippen MR) is 107 cm³/mol. The second-order valence-electron chi connectivity index (χ2n) is 6.90. The fourth-order valence-electron chi connectivity index (χ4n) is 3.94. The normalized spacial score (nSPS) is 16.4. The van der Waals surface area contributed by atoms with Crippen LogP contribution in [0.2, 0.25) is 0 Å². The number of H-pyrrole nitrogens is 1. The first-order chi connectivity index (χ1) is 13.6. The SMILES string of the molecule is COc1ccc(OC)c(C2CCCN2C(=O)c2cc3ccc(OC)cc3[nH]2)c1. The quantitative estimate of drug-likeness (QED) is 0.722. The molecular formula is C22H24N2O4. The zero-order valence-corrected chi connectivity index (χ0v) is 16.3. The third-order valence-electron chi connectivity index (χ3n) is 5.37. The van der Waals surface area contributed by atoms with Gasteiger partial charge in [-0.1, -0.05) is 0 Å². The number of carbonyl (C=O) groups is 1. The smallest absolute Gasteiger partial charge is 0.270 e. The van der Waals surface area contributed by atoms with Crippen LogP contribution in [0.25, 0.3) is 10.9 Å². The molecule has 1 unspecified atom stereocenters. The molecule has 4 rings (SSSR count). The molecule has 1 aliphatic heterocycles. The van der Waals surface area contributed by atoms with Gasteiger partial charge >= 0.3 is 0 Å². The Bertz CT molecular complexity index is 1010. The van der Waals surface area contributed by atoms with Crippen LogP contribution in [0.1, 0.15) is 34.9 Å². The minimum atomic E-state index is -0.0431. The number of hydrogen-bond acceptors (Lipinski definition) is 4. The van der Waals surface area contributed by atoms with Gasteiger partial charge in [-0.2, -0.15) is 0 Å². The van der Waals surface area contributed by atoms with Gasteiger partial charge in [-0.05, 0) is 49.2 Å². The molecule has 3 aromatic rings. The second-order valence-corrected chi connectivity index (χ2v) is 6.90. The lowest BCUT2D eigenvalue weighted by Crippen LogP contribution is -2.31. The molecule has 1 fully saturated rings. The molecule has 0 saturated carbocycles. The average Bonchev–Trinajstić information content (AvgIpc) is 3.39. The molecule has 146 valence electrons. The van der Waals surface area contributed by atoms with Crippen LogP contribution in [0, 0.1) is 0 Å². The number of hydrogen-bond donors (Lipinski definition) is 1. The first-order valence-corrected chi connectivity index (χ1v) is 9.34. The molecular weight excluding hydrogens is 356 g/mol. The Morgan fingerprint density at radius 3 is 2.50 bits per heavy atom. The first kappa shape index (κ1) is 18.2. The van der Waals surface area contributed by atoms with Crippen molar-refractivity contribution in [2.24, 2.45) is 0 Å². The molecule has 1 atom stereocenters. The maximum Gasteiger partial charge on any atom is 0.270 e. The van der Waals surface area contributed by atoms with Crippen molar-refractivity contribution in [3.8, 4) is 17.2 Å². The van der Waals surface area contributed by atoms with Crippen LogP contribution < -0.4 is 14.2 Å². The predicted octanol–water partition coefficient (Wildman–Crippen LogP) is 4.17. The van der Waals surface area contributed by atoms with E-state index in [2.05, 4.69) is 4.98 Å². The number of nitrogens with zero attached hydrogens (tertiary/aromatic N) is 1. The lowest BCUT2D eigenvalue weighted by Gasteiger charge is -2.26. The standard InChI is InChI=1S/C22H24N2O4/c1-26-15-8-9-21(28-3)17(12-15)20-5-4-10-24(20)22(25)19-11-14-6-7-16(27-2)13-18(14)23-19/h6-9,11-13,20,23H,4-5,10H2,1-3H3. The fourth-order valence-corrected chi connectivity index (χ4v) is 3.94. The van der Waals surface area contributed by atoms with Crippen LogP contribution in [-0.4, -0.2) is 43.7 Å². The van der Waals surface area contributed by atoms with Crippen molar-refractivity contribution in [1.82, 2.24) is 9.88 Å². The maximum atomic E-state index is 13.3. The largest absolute Gasteiger partial charge is 0.497 e. The summed E-state index contributed by atoms with van der Waals surface area (Å²) in [5, 5.41) is 0.985. The molecule has 6 heteroatoms. The Morgan fingerprint density at radius 1 is 1.00 bits per heavy atom. The van der Waals surface area contributed by atoms with Gasteiger partial charge in [0, 0.05) is 29.1 Å². The monoisotopic (exact) mass is 380 g/mol. The van der Waals surface area contributed by atoms with Crippen molar-refractivity contribution in [2.45, 2.75) is 18.9 Å². The Balaban J connectivity index is 1.67. The van der Waals surface area contributed by atoms with Gasteiger partial charge in [-0.15, -0.1) is 0 Å². The number of methoxy groups -OCH3 is 3. The summed E-state index contributed by atoms with van der Waals surface area (Å²) in [6.45, 7) is 0.711. The molecule has 1 N–H and O–H groups in total. The lowest BCUT2D eigenvalue weighted by atomic mass is 10.0. The highest BCUT2D eigenvalue weighted by molar-refractivity contribution is 5.98. The van der Waals surface area contributed by atoms with Crippen LogP contribution in [0.4, 0.5) is 0 Å². The van der Waals surface area contributed by atoms with E-state index in [-0.39, 0.29) is 11.9 Å². The number of carbonyl (C=O) groups excluding carboxylic acids is 1. The fraction of sp³-hybridized carbons (Fsp3) is 0.318. The summed E-state index contributed by atoms with van der Waals surface area (Å²) in [5.74, 6) is 2.27. The number of ether oxygens (including phenoxy) is 3. The van der Waals surface area contributed by atoms with E-state index in [4.69, 9.17) is 14.2 Å². The number of likely N-dealkylation sites (tertiary alicyclic amines) is 1. The van der Waals surface area contributed by atoms with Gasteiger partial charge < -0.3 is 24.1 Å². The van der Waals surface area contributed by atoms with Crippen molar-refractivity contribution in [3.63, 3.8) is 0 Å². The highest BCUT2D eigenvalue weighted by Gasteiger charge is 2.33. The Morgan fingerprint density at radius 2 is 1.75 bits per heavy atom. The van der Waals surface area contributed by atoms with E-state index in [9.17, 15) is 4.79 Å². The first-order valence-electron chi connectivity index (χ1n) is 9.34. The van der Waals surface area contributed by atoms with E-state index in [1.165, 1.54) is 0 Å². The van der Waals surface area contributed by atoms with E-state index in [0.29, 0.717) is 12.2 Å². The lowest BCUT2D eigenvalue weighted by molar-refractivity contribution is 0.0729. The summed E-state index contributed by atoms with van der Waals surface area (Å²) in [4.78, 5) is 18.5. The van der Waals surface area contributed by atoms with E-state index in [0.717, 1.165) is 46.6 Å². The van der Waals surface area contributed by atoms with Crippen LogP contribution >= 0.6 is 0 Å². The van der Waals surface area contributed by atoms with E-state index < -0.39 is 0 Å². The zero-order chi connectivity index (χ0) is 19.7. The number of rotatable bonds is 5. The van der Waals surface area contributed by atoms with Crippen LogP contribution in [0.3, 0.4) is 0 Å². The number of fused-ring (bicyclic) bond motifs is 1. The highest BCUT2D eigenvalue weighted by atomic mass is 16.5. The van der Waals surface area contributed by atoms with Gasteiger partial charge in [-0.3, -0.25) is 4.79 Å². The summed E-state index contributed by atoms with van der Waals surface area (Å²) in [7, 11) is 4.92. The van der Waals surface area contributed by atoms with Crippen LogP contribution in [-0.2, 0) is 0 Å². The molecule has 0 bridgehead atoms. The summed E-state index contributed by atoms with van der Waals surface area (Å²) >= 11 is 0. The Hall–Kier alpha value is -3.15. The second kappa shape index (κ2) is 7.46. The third-order valence-corrected chi connectivity index (χ3v) is 5.37. The summed E-state index contributed by atoms with van der Waals surface area (Å²) in [6.07, 6.45) is 1.84. The minimum absolute atomic E-state index is 0.0115. The van der Waals surface area contributed by atoms with Gasteiger partial charge in [0.15, 0.2) is 0 Å². The van der Waals surface area contributed by atoms with E-state index in [1.807, 2.05) is 47.4 Å². The van der Waals surface area contributed by atoms with Crippen molar-refractivity contribution >= 4 is 16.8 Å². The molecule has 0 spiro atoms. The Kier molecular flexibility index (Phi) is 4.86. The molecule has 1 saturated heterocycles. The highest BCUT2D eigenvalue weighted by Crippen LogP contribution is 2.39. The number of aromatic amines is 1. The topological polar surface area (TPSA) is 63.8 Å². The van der Waals surface area contributed by atoms with Crippen molar-refractivity contribution < 1.29 is 19.0 Å². The molecule has 0 aliphatic carbocycles. The average molecular weight is 380 g/mol. The molecule has 28 heavy (non-hydrogen) atoms. The van der Waals surface area contributed by atoms with Gasteiger partial charge in [-0.25, -0.2) is 0 Å². The summed E-state index contributed by atoms with van der Waals surface area (Å²) < 4.78 is 16.2. The molecule has 2 heterocycles. The molecule has 0 radical (unpaired) electrons. The zero-order valence-electron chi connectivity index (χ0n) is 16.3. The number of benzene rings is 2. The van der Waals surface area contributed by atoms with Gasteiger partial charge in [0.2, 0.25) is 0 Å². The molecule has 2 aromatic carbocycles. The minimum Gasteiger partial charge on any atom is -0.497 e. The van der Waals surface area contributed by atoms with E-state index in [1.54, 1.807) is 21.3 Å². The maximum absolute atomic E-state index is 13.3. The number of amides is 1. The third kappa shape index (κ3) is 3.15. The molecule has 1 aromatic heterocycles. The van der Waals surface area contributed by atoms with Gasteiger partial charge in [0.1, 0.15) is 22.9 Å². The van der Waals surface area contributed by atoms with E-state index >= 15 is 0 Å². The van der Waals surface area contributed by atoms with Crippen molar-refractivity contribution in [2.75, 3.05) is 27.9 Å². The molecule has 1 aliphatic rings. The summed E-state index contributed by atoms with van der Waals surface area (Å²) in [6, 6.07) is 13.3.